The highest BCUT2D eigenvalue weighted by Gasteiger charge is 2.39. The monoisotopic (exact) mass is 450 g/mol. The zero-order chi connectivity index (χ0) is 23.0. The van der Waals surface area contributed by atoms with Gasteiger partial charge in [-0.1, -0.05) is 6.42 Å². The van der Waals surface area contributed by atoms with Crippen molar-refractivity contribution in [2.75, 3.05) is 36.5 Å². The minimum atomic E-state index is -0.361. The van der Waals surface area contributed by atoms with E-state index in [1.54, 1.807) is 12.4 Å². The molecule has 1 amide bonds. The van der Waals surface area contributed by atoms with Gasteiger partial charge in [0, 0.05) is 31.0 Å². The molecule has 2 aliphatic heterocycles. The molecule has 0 radical (unpaired) electrons. The fourth-order valence-corrected chi connectivity index (χ4v) is 4.85. The van der Waals surface area contributed by atoms with Gasteiger partial charge >= 0.3 is 0 Å². The average Bonchev–Trinajstić information content (AvgIpc) is 3.38. The van der Waals surface area contributed by atoms with Gasteiger partial charge in [-0.2, -0.15) is 4.98 Å². The number of nitrogens with one attached hydrogen (secondary N) is 2. The van der Waals surface area contributed by atoms with Gasteiger partial charge < -0.3 is 24.7 Å². The van der Waals surface area contributed by atoms with Crippen LogP contribution < -0.4 is 20.3 Å². The maximum absolute atomic E-state index is 13.1. The first-order valence-electron chi connectivity index (χ1n) is 11.6. The van der Waals surface area contributed by atoms with Crippen LogP contribution >= 0.6 is 0 Å². The molecule has 10 heteroatoms. The van der Waals surface area contributed by atoms with Crippen LogP contribution in [-0.2, 0) is 0 Å². The summed E-state index contributed by atoms with van der Waals surface area (Å²) in [5, 5.41) is 6.56. The molecule has 1 unspecified atom stereocenters. The number of carbonyl (C=O) groups excluding carboxylic acids is 1. The van der Waals surface area contributed by atoms with Gasteiger partial charge in [-0.15, -0.1) is 0 Å². The van der Waals surface area contributed by atoms with Crippen LogP contribution in [0.5, 0.6) is 5.88 Å². The van der Waals surface area contributed by atoms with Crippen molar-refractivity contribution in [1.82, 2.24) is 29.7 Å². The highest BCUT2D eigenvalue weighted by atomic mass is 16.5. The Kier molecular flexibility index (Phi) is 5.61. The molecular formula is C23H30N8O2. The van der Waals surface area contributed by atoms with Crippen molar-refractivity contribution in [3.8, 4) is 5.88 Å². The van der Waals surface area contributed by atoms with Gasteiger partial charge in [0.15, 0.2) is 5.65 Å². The van der Waals surface area contributed by atoms with Gasteiger partial charge in [-0.05, 0) is 46.6 Å². The van der Waals surface area contributed by atoms with E-state index in [1.165, 1.54) is 19.3 Å². The lowest BCUT2D eigenvalue weighted by molar-refractivity contribution is 0.102. The maximum atomic E-state index is 13.1. The van der Waals surface area contributed by atoms with Crippen LogP contribution in [0.4, 0.5) is 11.8 Å². The molecule has 3 aromatic rings. The maximum Gasteiger partial charge on any atom is 0.263 e. The predicted octanol–water partition coefficient (Wildman–Crippen LogP) is 2.51. The van der Waals surface area contributed by atoms with Gasteiger partial charge in [0.25, 0.3) is 5.91 Å². The molecule has 10 nitrogen and oxygen atoms in total. The molecule has 1 spiro atoms. The summed E-state index contributed by atoms with van der Waals surface area (Å²) < 4.78 is 7.60. The van der Waals surface area contributed by atoms with E-state index in [1.807, 2.05) is 31.4 Å². The number of hydrogen-bond donors (Lipinski definition) is 2. The summed E-state index contributed by atoms with van der Waals surface area (Å²) in [5.74, 6) is 0.955. The summed E-state index contributed by atoms with van der Waals surface area (Å²) in [6.45, 7) is 8.89. The van der Waals surface area contributed by atoms with Crippen molar-refractivity contribution >= 4 is 23.3 Å². The van der Waals surface area contributed by atoms with Gasteiger partial charge in [0.1, 0.15) is 11.4 Å². The van der Waals surface area contributed by atoms with Crippen LogP contribution in [0.15, 0.2) is 18.6 Å². The third kappa shape index (κ3) is 4.22. The molecule has 2 aliphatic rings. The lowest BCUT2D eigenvalue weighted by atomic mass is 9.88. The van der Waals surface area contributed by atoms with Crippen molar-refractivity contribution in [3.05, 3.63) is 35.5 Å². The summed E-state index contributed by atoms with van der Waals surface area (Å²) >= 11 is 0. The van der Waals surface area contributed by atoms with Crippen molar-refractivity contribution < 1.29 is 9.53 Å². The summed E-state index contributed by atoms with van der Waals surface area (Å²) in [7, 11) is 0. The summed E-state index contributed by atoms with van der Waals surface area (Å²) in [5.41, 5.74) is 2.82. The number of amides is 1. The third-order valence-corrected chi connectivity index (χ3v) is 6.45. The number of anilines is 2. The minimum absolute atomic E-state index is 0.150. The van der Waals surface area contributed by atoms with E-state index in [4.69, 9.17) is 4.74 Å². The molecule has 3 aromatic heterocycles. The smallest absolute Gasteiger partial charge is 0.263 e. The summed E-state index contributed by atoms with van der Waals surface area (Å²) in [6, 6.07) is 0. The molecule has 5 rings (SSSR count). The van der Waals surface area contributed by atoms with E-state index in [9.17, 15) is 4.79 Å². The highest BCUT2D eigenvalue weighted by molar-refractivity contribution is 6.05. The number of ether oxygens (including phenoxy) is 1. The Bertz CT molecular complexity index is 1180. The molecule has 2 N–H and O–H groups in total. The van der Waals surface area contributed by atoms with E-state index in [-0.39, 0.29) is 22.9 Å². The van der Waals surface area contributed by atoms with Gasteiger partial charge in [0.2, 0.25) is 11.8 Å². The molecule has 0 aromatic carbocycles. The van der Waals surface area contributed by atoms with Crippen LogP contribution in [0.1, 0.15) is 54.4 Å². The topological polar surface area (TPSA) is 110 Å². The van der Waals surface area contributed by atoms with Crippen LogP contribution in [0, 0.1) is 13.8 Å². The third-order valence-electron chi connectivity index (χ3n) is 6.45. The molecule has 174 valence electrons. The second-order valence-corrected chi connectivity index (χ2v) is 8.94. The number of piperidine rings is 1. The molecule has 0 aliphatic carbocycles. The van der Waals surface area contributed by atoms with Gasteiger partial charge in [0.05, 0.1) is 24.2 Å². The SMILES string of the molecule is CCOc1nc(N2CCC3(CCCCN3)C2)ncc1C(=O)Nc1cn2cc(C)nc2c(C)n1. The number of nitrogens with zero attached hydrogens (tertiary/aromatic N) is 6. The number of carbonyl (C=O) groups is 1. The molecular weight excluding hydrogens is 420 g/mol. The van der Waals surface area contributed by atoms with Crippen molar-refractivity contribution in [1.29, 1.82) is 0 Å². The second kappa shape index (κ2) is 8.58. The van der Waals surface area contributed by atoms with Crippen LogP contribution in [-0.4, -0.2) is 62.0 Å². The molecule has 0 saturated carbocycles. The van der Waals surface area contributed by atoms with E-state index in [0.29, 0.717) is 18.4 Å². The Morgan fingerprint density at radius 1 is 1.21 bits per heavy atom. The van der Waals surface area contributed by atoms with Crippen LogP contribution in [0.3, 0.4) is 0 Å². The van der Waals surface area contributed by atoms with Gasteiger partial charge in [-0.3, -0.25) is 4.79 Å². The fourth-order valence-electron chi connectivity index (χ4n) is 4.85. The highest BCUT2D eigenvalue weighted by Crippen LogP contribution is 2.32. The first kappa shape index (κ1) is 21.6. The Hall–Kier alpha value is -3.27. The number of aryl methyl sites for hydroxylation is 2. The van der Waals surface area contributed by atoms with Crippen molar-refractivity contribution in [3.63, 3.8) is 0 Å². The van der Waals surface area contributed by atoms with Crippen molar-refractivity contribution in [2.24, 2.45) is 0 Å². The number of fused-ring (bicyclic) bond motifs is 1. The summed E-state index contributed by atoms with van der Waals surface area (Å²) in [4.78, 5) is 33.3. The second-order valence-electron chi connectivity index (χ2n) is 8.94. The largest absolute Gasteiger partial charge is 0.477 e. The molecule has 1 atom stereocenters. The lowest BCUT2D eigenvalue weighted by Gasteiger charge is -2.34. The summed E-state index contributed by atoms with van der Waals surface area (Å²) in [6.07, 6.45) is 9.93. The zero-order valence-corrected chi connectivity index (χ0v) is 19.4. The average molecular weight is 451 g/mol. The standard InChI is InChI=1S/C23H30N8O2/c1-4-33-21-17(20(32)28-18-13-31-12-15(2)26-19(31)16(3)27-18)11-24-22(29-21)30-10-8-23(14-30)7-5-6-9-25-23/h11-13,25H,4-10,14H2,1-3H3,(H,28,32). The Labute approximate surface area is 192 Å². The normalized spacial score (nSPS) is 20.5. The van der Waals surface area contributed by atoms with E-state index < -0.39 is 0 Å². The number of aromatic nitrogens is 5. The fraction of sp³-hybridized carbons (Fsp3) is 0.522. The Morgan fingerprint density at radius 3 is 2.88 bits per heavy atom. The molecule has 2 fully saturated rings. The molecule has 0 bridgehead atoms. The molecule has 2 saturated heterocycles. The number of rotatable bonds is 5. The minimum Gasteiger partial charge on any atom is -0.477 e. The first-order chi connectivity index (χ1) is 16.0. The quantitative estimate of drug-likeness (QED) is 0.610. The first-order valence-corrected chi connectivity index (χ1v) is 11.6. The van der Waals surface area contributed by atoms with Gasteiger partial charge in [-0.25, -0.2) is 15.0 Å². The van der Waals surface area contributed by atoms with E-state index in [0.717, 1.165) is 43.1 Å². The Balaban J connectivity index is 1.37. The molecule has 5 heterocycles. The van der Waals surface area contributed by atoms with E-state index >= 15 is 0 Å². The number of hydrogen-bond acceptors (Lipinski definition) is 8. The van der Waals surface area contributed by atoms with Crippen LogP contribution in [0.25, 0.3) is 5.65 Å². The molecule has 33 heavy (non-hydrogen) atoms. The van der Waals surface area contributed by atoms with Crippen molar-refractivity contribution in [2.45, 2.75) is 52.0 Å². The zero-order valence-electron chi connectivity index (χ0n) is 19.4. The van der Waals surface area contributed by atoms with Crippen LogP contribution in [0.2, 0.25) is 0 Å². The Morgan fingerprint density at radius 2 is 2.09 bits per heavy atom. The predicted molar refractivity (Wildman–Crippen MR) is 125 cm³/mol. The lowest BCUT2D eigenvalue weighted by Crippen LogP contribution is -2.50. The number of imidazole rings is 1. The van der Waals surface area contributed by atoms with E-state index in [2.05, 4.69) is 35.5 Å².